The maximum atomic E-state index is 10.2. The minimum absolute atomic E-state index is 0.0513. The highest BCUT2D eigenvalue weighted by atomic mass is 79.9. The first kappa shape index (κ1) is 15.8. The Morgan fingerprint density at radius 2 is 2.10 bits per heavy atom. The van der Waals surface area contributed by atoms with Crippen molar-refractivity contribution in [2.75, 3.05) is 11.9 Å². The second-order valence-electron chi connectivity index (χ2n) is 4.97. The van der Waals surface area contributed by atoms with Crippen molar-refractivity contribution in [3.8, 4) is 5.88 Å². The van der Waals surface area contributed by atoms with Gasteiger partial charge in [-0.05, 0) is 43.7 Å². The van der Waals surface area contributed by atoms with Crippen LogP contribution in [0.25, 0.3) is 0 Å². The van der Waals surface area contributed by atoms with E-state index in [1.54, 1.807) is 6.20 Å². The number of pyridine rings is 1. The zero-order valence-electron chi connectivity index (χ0n) is 12.1. The third-order valence-corrected chi connectivity index (χ3v) is 3.33. The lowest BCUT2D eigenvalue weighted by atomic mass is 10.1. The Kier molecular flexibility index (Phi) is 5.59. The molecular formula is C16H19BrN2O2. The zero-order valence-corrected chi connectivity index (χ0v) is 13.7. The van der Waals surface area contributed by atoms with Gasteiger partial charge in [0.25, 0.3) is 0 Å². The SMILES string of the molecule is CC(C)Oc1ncccc1NCC(O)c1cccc(Br)c1. The number of aliphatic hydroxyl groups excluding tert-OH is 1. The first-order valence-electron chi connectivity index (χ1n) is 6.85. The summed E-state index contributed by atoms with van der Waals surface area (Å²) in [5.74, 6) is 0.550. The fourth-order valence-electron chi connectivity index (χ4n) is 1.88. The van der Waals surface area contributed by atoms with E-state index in [-0.39, 0.29) is 6.10 Å². The predicted molar refractivity (Wildman–Crippen MR) is 87.6 cm³/mol. The largest absolute Gasteiger partial charge is 0.473 e. The van der Waals surface area contributed by atoms with Crippen LogP contribution in [0.15, 0.2) is 47.1 Å². The van der Waals surface area contributed by atoms with Crippen LogP contribution in [-0.2, 0) is 0 Å². The molecule has 1 aromatic carbocycles. The summed E-state index contributed by atoms with van der Waals surface area (Å²) >= 11 is 3.40. The van der Waals surface area contributed by atoms with Crippen molar-refractivity contribution in [3.63, 3.8) is 0 Å². The number of nitrogens with one attached hydrogen (secondary N) is 1. The van der Waals surface area contributed by atoms with Gasteiger partial charge in [0, 0.05) is 17.2 Å². The summed E-state index contributed by atoms with van der Waals surface area (Å²) in [5, 5.41) is 13.4. The van der Waals surface area contributed by atoms with Crippen LogP contribution in [0.1, 0.15) is 25.5 Å². The first-order valence-corrected chi connectivity index (χ1v) is 7.64. The second-order valence-corrected chi connectivity index (χ2v) is 5.89. The fourth-order valence-corrected chi connectivity index (χ4v) is 2.30. The van der Waals surface area contributed by atoms with E-state index in [4.69, 9.17) is 4.74 Å². The van der Waals surface area contributed by atoms with Crippen molar-refractivity contribution < 1.29 is 9.84 Å². The highest BCUT2D eigenvalue weighted by Gasteiger charge is 2.11. The van der Waals surface area contributed by atoms with Crippen LogP contribution in [0, 0.1) is 0 Å². The Balaban J connectivity index is 2.02. The third kappa shape index (κ3) is 4.72. The molecule has 112 valence electrons. The Bertz CT molecular complexity index is 590. The van der Waals surface area contributed by atoms with E-state index in [9.17, 15) is 5.11 Å². The molecule has 0 bridgehead atoms. The highest BCUT2D eigenvalue weighted by Crippen LogP contribution is 2.24. The van der Waals surface area contributed by atoms with Crippen LogP contribution in [0.3, 0.4) is 0 Å². The summed E-state index contributed by atoms with van der Waals surface area (Å²) in [6.45, 7) is 4.29. The number of aliphatic hydroxyl groups is 1. The number of hydrogen-bond donors (Lipinski definition) is 2. The number of ether oxygens (including phenoxy) is 1. The second kappa shape index (κ2) is 7.43. The van der Waals surface area contributed by atoms with E-state index in [0.717, 1.165) is 15.7 Å². The monoisotopic (exact) mass is 350 g/mol. The summed E-state index contributed by atoms with van der Waals surface area (Å²) in [4.78, 5) is 4.21. The van der Waals surface area contributed by atoms with Gasteiger partial charge in [0.1, 0.15) is 0 Å². The molecule has 0 radical (unpaired) electrons. The quantitative estimate of drug-likeness (QED) is 0.832. The predicted octanol–water partition coefficient (Wildman–Crippen LogP) is 3.78. The average molecular weight is 351 g/mol. The summed E-state index contributed by atoms with van der Waals surface area (Å²) in [6, 6.07) is 11.4. The molecule has 4 nitrogen and oxygen atoms in total. The lowest BCUT2D eigenvalue weighted by Gasteiger charge is -2.16. The molecule has 1 aromatic heterocycles. The topological polar surface area (TPSA) is 54.4 Å². The number of anilines is 1. The molecule has 0 amide bonds. The minimum Gasteiger partial charge on any atom is -0.473 e. The highest BCUT2D eigenvalue weighted by molar-refractivity contribution is 9.10. The van der Waals surface area contributed by atoms with Gasteiger partial charge >= 0.3 is 0 Å². The number of aromatic nitrogens is 1. The van der Waals surface area contributed by atoms with Crippen LogP contribution in [0.2, 0.25) is 0 Å². The van der Waals surface area contributed by atoms with Crippen molar-refractivity contribution in [1.29, 1.82) is 0 Å². The maximum Gasteiger partial charge on any atom is 0.237 e. The van der Waals surface area contributed by atoms with Crippen molar-refractivity contribution in [2.45, 2.75) is 26.1 Å². The molecule has 2 aromatic rings. The number of rotatable bonds is 6. The molecular weight excluding hydrogens is 332 g/mol. The summed E-state index contributed by atoms with van der Waals surface area (Å²) in [5.41, 5.74) is 1.63. The van der Waals surface area contributed by atoms with Crippen LogP contribution < -0.4 is 10.1 Å². The molecule has 5 heteroatoms. The van der Waals surface area contributed by atoms with E-state index < -0.39 is 6.10 Å². The maximum absolute atomic E-state index is 10.2. The molecule has 1 heterocycles. The van der Waals surface area contributed by atoms with Crippen molar-refractivity contribution in [2.24, 2.45) is 0 Å². The zero-order chi connectivity index (χ0) is 15.2. The molecule has 0 spiro atoms. The summed E-state index contributed by atoms with van der Waals surface area (Å²) < 4.78 is 6.59. The van der Waals surface area contributed by atoms with Crippen molar-refractivity contribution >= 4 is 21.6 Å². The van der Waals surface area contributed by atoms with Gasteiger partial charge in [-0.25, -0.2) is 4.98 Å². The third-order valence-electron chi connectivity index (χ3n) is 2.84. The van der Waals surface area contributed by atoms with Crippen molar-refractivity contribution in [1.82, 2.24) is 4.98 Å². The lowest BCUT2D eigenvalue weighted by Crippen LogP contribution is -2.14. The van der Waals surface area contributed by atoms with E-state index in [0.29, 0.717) is 12.4 Å². The van der Waals surface area contributed by atoms with E-state index >= 15 is 0 Å². The fraction of sp³-hybridized carbons (Fsp3) is 0.312. The van der Waals surface area contributed by atoms with Gasteiger partial charge in [0.15, 0.2) is 0 Å². The lowest BCUT2D eigenvalue weighted by molar-refractivity contribution is 0.191. The molecule has 21 heavy (non-hydrogen) atoms. The molecule has 0 saturated carbocycles. The van der Waals surface area contributed by atoms with E-state index in [1.807, 2.05) is 50.2 Å². The molecule has 0 aliphatic rings. The molecule has 1 unspecified atom stereocenters. The van der Waals surface area contributed by atoms with Gasteiger partial charge in [-0.1, -0.05) is 28.1 Å². The van der Waals surface area contributed by atoms with Gasteiger partial charge in [-0.2, -0.15) is 0 Å². The Hall–Kier alpha value is -1.59. The smallest absolute Gasteiger partial charge is 0.237 e. The summed E-state index contributed by atoms with van der Waals surface area (Å²) in [6.07, 6.45) is 1.14. The van der Waals surface area contributed by atoms with Crippen molar-refractivity contribution in [3.05, 3.63) is 52.6 Å². The number of hydrogen-bond acceptors (Lipinski definition) is 4. The number of benzene rings is 1. The minimum atomic E-state index is -0.602. The first-order chi connectivity index (χ1) is 10.1. The van der Waals surface area contributed by atoms with Gasteiger partial charge in [-0.15, -0.1) is 0 Å². The standard InChI is InChI=1S/C16H19BrN2O2/c1-11(2)21-16-14(7-4-8-18-16)19-10-15(20)12-5-3-6-13(17)9-12/h3-9,11,15,19-20H,10H2,1-2H3. The van der Waals surface area contributed by atoms with Crippen LogP contribution in [-0.4, -0.2) is 22.7 Å². The normalized spacial score (nSPS) is 12.2. The molecule has 0 fully saturated rings. The molecule has 0 saturated heterocycles. The van der Waals surface area contributed by atoms with Gasteiger partial charge in [-0.3, -0.25) is 0 Å². The van der Waals surface area contributed by atoms with E-state index in [2.05, 4.69) is 26.2 Å². The average Bonchev–Trinajstić information content (AvgIpc) is 2.45. The Morgan fingerprint density at radius 1 is 1.29 bits per heavy atom. The van der Waals surface area contributed by atoms with Gasteiger partial charge < -0.3 is 15.2 Å². The number of halogens is 1. The molecule has 0 aliphatic heterocycles. The molecule has 0 aliphatic carbocycles. The number of nitrogens with zero attached hydrogens (tertiary/aromatic N) is 1. The van der Waals surface area contributed by atoms with E-state index in [1.165, 1.54) is 0 Å². The van der Waals surface area contributed by atoms with Gasteiger partial charge in [0.2, 0.25) is 5.88 Å². The van der Waals surface area contributed by atoms with Crippen LogP contribution >= 0.6 is 15.9 Å². The van der Waals surface area contributed by atoms with Gasteiger partial charge in [0.05, 0.1) is 17.9 Å². The molecule has 1 atom stereocenters. The van der Waals surface area contributed by atoms with Crippen LogP contribution in [0.5, 0.6) is 5.88 Å². The summed E-state index contributed by atoms with van der Waals surface area (Å²) in [7, 11) is 0. The Labute approximate surface area is 133 Å². The molecule has 2 rings (SSSR count). The van der Waals surface area contributed by atoms with Crippen LogP contribution in [0.4, 0.5) is 5.69 Å². The Morgan fingerprint density at radius 3 is 2.81 bits per heavy atom. The molecule has 2 N–H and O–H groups in total.